The molecule has 3 amide bonds. The zero-order chi connectivity index (χ0) is 32.8. The Hall–Kier alpha value is -4.31. The summed E-state index contributed by atoms with van der Waals surface area (Å²) in [6.07, 6.45) is 11.5. The van der Waals surface area contributed by atoms with Crippen molar-refractivity contribution in [1.82, 2.24) is 25.1 Å². The number of fused-ring (bicyclic) bond motifs is 1. The van der Waals surface area contributed by atoms with Crippen molar-refractivity contribution in [3.05, 3.63) is 82.7 Å². The van der Waals surface area contributed by atoms with E-state index in [-0.39, 0.29) is 30.2 Å². The fraction of sp³-hybridized carbons (Fsp3) is 0.500. The highest BCUT2D eigenvalue weighted by Gasteiger charge is 2.43. The first-order valence-electron chi connectivity index (χ1n) is 17.8. The minimum Gasteiger partial charge on any atom is -0.371 e. The van der Waals surface area contributed by atoms with Crippen molar-refractivity contribution < 1.29 is 14.4 Å². The molecule has 10 nitrogen and oxygen atoms in total. The van der Waals surface area contributed by atoms with Crippen molar-refractivity contribution in [2.75, 3.05) is 36.4 Å². The van der Waals surface area contributed by atoms with Crippen LogP contribution in [0.1, 0.15) is 109 Å². The molecule has 5 aliphatic rings. The van der Waals surface area contributed by atoms with Gasteiger partial charge in [0.15, 0.2) is 0 Å². The van der Waals surface area contributed by atoms with Gasteiger partial charge in [-0.3, -0.25) is 24.6 Å². The van der Waals surface area contributed by atoms with Crippen molar-refractivity contribution in [3.8, 4) is 0 Å². The third-order valence-corrected chi connectivity index (χ3v) is 11.3. The number of hydrogen-bond donors (Lipinski definition) is 2. The van der Waals surface area contributed by atoms with Crippen molar-refractivity contribution >= 4 is 29.4 Å². The zero-order valence-corrected chi connectivity index (χ0v) is 27.7. The molecule has 4 aliphatic heterocycles. The first kappa shape index (κ1) is 31.0. The summed E-state index contributed by atoms with van der Waals surface area (Å²) in [5, 5.41) is 5.95. The lowest BCUT2D eigenvalue weighted by molar-refractivity contribution is -0.137. The summed E-state index contributed by atoms with van der Waals surface area (Å²) in [7, 11) is 0. The van der Waals surface area contributed by atoms with Crippen LogP contribution in [0.2, 0.25) is 0 Å². The van der Waals surface area contributed by atoms with E-state index in [4.69, 9.17) is 0 Å². The summed E-state index contributed by atoms with van der Waals surface area (Å²) in [6, 6.07) is 15.0. The summed E-state index contributed by atoms with van der Waals surface area (Å²) < 4.78 is 0. The molecule has 1 aromatic heterocycles. The Kier molecular flexibility index (Phi) is 8.36. The van der Waals surface area contributed by atoms with Gasteiger partial charge in [-0.25, -0.2) is 9.97 Å². The third-order valence-electron chi connectivity index (χ3n) is 11.3. The second-order valence-electron chi connectivity index (χ2n) is 14.4. The van der Waals surface area contributed by atoms with Gasteiger partial charge in [0.2, 0.25) is 17.8 Å². The van der Waals surface area contributed by atoms with Crippen LogP contribution in [-0.2, 0) is 16.1 Å². The SMILES string of the molecule is C[C@@H]1c2cc(C3CCN(Cc4ccc(N5CCC(Nc6ncc(C7CC7)cn6)CC5)cc4)CC3)ccc2C(=O)N1[C@H]1CCC(=O)NC1=O. The number of imide groups is 1. The van der Waals surface area contributed by atoms with Crippen LogP contribution in [0.25, 0.3) is 0 Å². The summed E-state index contributed by atoms with van der Waals surface area (Å²) in [5.74, 6) is 1.15. The molecule has 5 heterocycles. The van der Waals surface area contributed by atoms with Gasteiger partial charge in [0.05, 0.1) is 6.04 Å². The number of carbonyl (C=O) groups is 3. The van der Waals surface area contributed by atoms with Crippen LogP contribution < -0.4 is 15.5 Å². The first-order chi connectivity index (χ1) is 23.4. The number of rotatable bonds is 8. The largest absolute Gasteiger partial charge is 0.371 e. The van der Waals surface area contributed by atoms with Crippen LogP contribution in [0.5, 0.6) is 0 Å². The normalized spacial score (nSPS) is 24.1. The van der Waals surface area contributed by atoms with E-state index in [1.807, 2.05) is 25.4 Å². The van der Waals surface area contributed by atoms with Crippen molar-refractivity contribution in [3.63, 3.8) is 0 Å². The smallest absolute Gasteiger partial charge is 0.255 e. The van der Waals surface area contributed by atoms with Crippen LogP contribution >= 0.6 is 0 Å². The number of aromatic nitrogens is 2. The average Bonchev–Trinajstić information content (AvgIpc) is 3.93. The highest BCUT2D eigenvalue weighted by molar-refractivity contribution is 6.05. The number of anilines is 2. The van der Waals surface area contributed by atoms with Gasteiger partial charge in [-0.1, -0.05) is 24.3 Å². The zero-order valence-electron chi connectivity index (χ0n) is 27.7. The van der Waals surface area contributed by atoms with Crippen LogP contribution in [-0.4, -0.2) is 75.8 Å². The molecule has 10 heteroatoms. The number of nitrogens with one attached hydrogen (secondary N) is 2. The van der Waals surface area contributed by atoms with Gasteiger partial charge in [-0.2, -0.15) is 0 Å². The van der Waals surface area contributed by atoms with Crippen LogP contribution in [0.15, 0.2) is 54.9 Å². The predicted molar refractivity (Wildman–Crippen MR) is 184 cm³/mol. The molecule has 2 atom stereocenters. The van der Waals surface area contributed by atoms with E-state index in [0.29, 0.717) is 29.9 Å². The Balaban J connectivity index is 0.809. The van der Waals surface area contributed by atoms with Gasteiger partial charge in [0, 0.05) is 55.7 Å². The summed E-state index contributed by atoms with van der Waals surface area (Å²) in [4.78, 5) is 53.3. The van der Waals surface area contributed by atoms with Crippen molar-refractivity contribution in [2.45, 2.75) is 94.8 Å². The summed E-state index contributed by atoms with van der Waals surface area (Å²) in [5.41, 5.74) is 6.87. The van der Waals surface area contributed by atoms with E-state index < -0.39 is 6.04 Å². The lowest BCUT2D eigenvalue weighted by Gasteiger charge is -2.34. The first-order valence-corrected chi connectivity index (χ1v) is 17.8. The molecule has 250 valence electrons. The van der Waals surface area contributed by atoms with E-state index in [2.05, 4.69) is 66.8 Å². The Morgan fingerprint density at radius 3 is 2.21 bits per heavy atom. The molecular formula is C38H45N7O3. The maximum atomic E-state index is 13.3. The molecule has 2 aromatic carbocycles. The molecule has 1 saturated carbocycles. The third kappa shape index (κ3) is 6.30. The standard InChI is InChI=1S/C38H45N7O3/c1-24-33-20-28(6-9-32(33)37(48)45(24)34-10-11-35(46)42-36(34)47)27-12-16-43(17-13-27)23-25-2-7-31(8-3-25)44-18-14-30(15-19-44)41-38-39-21-29(22-40-38)26-4-5-26/h2-3,6-9,20-22,24,26-27,30,34H,4-5,10-19,23H2,1H3,(H,39,40,41)(H,42,46,47)/t24-,34+/m1/s1. The van der Waals surface area contributed by atoms with Crippen molar-refractivity contribution in [1.29, 1.82) is 0 Å². The fourth-order valence-electron chi connectivity index (χ4n) is 8.20. The monoisotopic (exact) mass is 647 g/mol. The van der Waals surface area contributed by atoms with Gasteiger partial charge in [0.25, 0.3) is 5.91 Å². The van der Waals surface area contributed by atoms with E-state index in [0.717, 1.165) is 69.9 Å². The number of hydrogen-bond acceptors (Lipinski definition) is 8. The molecule has 8 rings (SSSR count). The Bertz CT molecular complexity index is 1670. The highest BCUT2D eigenvalue weighted by Crippen LogP contribution is 2.40. The number of amides is 3. The molecule has 2 N–H and O–H groups in total. The molecule has 4 fully saturated rings. The second kappa shape index (κ2) is 13.0. The van der Waals surface area contributed by atoms with E-state index in [1.165, 1.54) is 35.2 Å². The Morgan fingerprint density at radius 1 is 0.812 bits per heavy atom. The second-order valence-corrected chi connectivity index (χ2v) is 14.4. The van der Waals surface area contributed by atoms with Gasteiger partial charge < -0.3 is 15.1 Å². The lowest BCUT2D eigenvalue weighted by Crippen LogP contribution is -2.53. The number of benzene rings is 2. The van der Waals surface area contributed by atoms with Crippen molar-refractivity contribution in [2.24, 2.45) is 0 Å². The molecule has 0 spiro atoms. The van der Waals surface area contributed by atoms with E-state index in [1.54, 1.807) is 4.90 Å². The highest BCUT2D eigenvalue weighted by atomic mass is 16.2. The maximum absolute atomic E-state index is 13.3. The van der Waals surface area contributed by atoms with Gasteiger partial charge in [-0.05, 0) is 117 Å². The quantitative estimate of drug-likeness (QED) is 0.324. The maximum Gasteiger partial charge on any atom is 0.255 e. The fourth-order valence-corrected chi connectivity index (χ4v) is 8.20. The van der Waals surface area contributed by atoms with E-state index >= 15 is 0 Å². The molecule has 48 heavy (non-hydrogen) atoms. The summed E-state index contributed by atoms with van der Waals surface area (Å²) in [6.45, 7) is 7.07. The summed E-state index contributed by atoms with van der Waals surface area (Å²) >= 11 is 0. The Labute approximate surface area is 282 Å². The predicted octanol–water partition coefficient (Wildman–Crippen LogP) is 5.14. The average molecular weight is 648 g/mol. The van der Waals surface area contributed by atoms with Crippen LogP contribution in [0, 0.1) is 0 Å². The molecule has 3 aromatic rings. The molecular weight excluding hydrogens is 602 g/mol. The minimum atomic E-state index is -0.594. The minimum absolute atomic E-state index is 0.110. The number of piperidine rings is 3. The van der Waals surface area contributed by atoms with E-state index in [9.17, 15) is 14.4 Å². The van der Waals surface area contributed by atoms with Crippen LogP contribution in [0.3, 0.4) is 0 Å². The Morgan fingerprint density at radius 2 is 1.52 bits per heavy atom. The molecule has 0 bridgehead atoms. The molecule has 0 unspecified atom stereocenters. The number of carbonyl (C=O) groups excluding carboxylic acids is 3. The number of likely N-dealkylation sites (tertiary alicyclic amines) is 1. The molecule has 1 aliphatic carbocycles. The van der Waals surface area contributed by atoms with Crippen LogP contribution in [0.4, 0.5) is 11.6 Å². The topological polar surface area (TPSA) is 111 Å². The number of nitrogens with zero attached hydrogens (tertiary/aromatic N) is 5. The van der Waals surface area contributed by atoms with Gasteiger partial charge >= 0.3 is 0 Å². The molecule has 0 radical (unpaired) electrons. The van der Waals surface area contributed by atoms with Gasteiger partial charge in [-0.15, -0.1) is 0 Å². The van der Waals surface area contributed by atoms with Gasteiger partial charge in [0.1, 0.15) is 6.04 Å². The lowest BCUT2D eigenvalue weighted by atomic mass is 9.87. The molecule has 3 saturated heterocycles.